The molecule has 5 heteroatoms. The zero-order valence-electron chi connectivity index (χ0n) is 11.0. The number of pyridine rings is 1. The molecule has 0 saturated heterocycles. The Morgan fingerprint density at radius 3 is 2.72 bits per heavy atom. The number of nitrogens with zero attached hydrogens (tertiary/aromatic N) is 1. The Hall–Kier alpha value is -1.62. The molecule has 0 aliphatic carbocycles. The smallest absolute Gasteiger partial charge is 0.270 e. The lowest BCUT2D eigenvalue weighted by Crippen LogP contribution is -2.37. The average molecular weight is 251 g/mol. The van der Waals surface area contributed by atoms with E-state index >= 15 is 0 Å². The number of aromatic nitrogens is 1. The van der Waals surface area contributed by atoms with Crippen LogP contribution >= 0.6 is 0 Å². The first-order valence-corrected chi connectivity index (χ1v) is 6.23. The first-order chi connectivity index (χ1) is 8.54. The molecule has 1 rings (SSSR count). The van der Waals surface area contributed by atoms with E-state index < -0.39 is 0 Å². The van der Waals surface area contributed by atoms with Gasteiger partial charge in [0, 0.05) is 19.2 Å². The molecule has 0 saturated carbocycles. The molecular formula is C13H21N3O2. The fourth-order valence-electron chi connectivity index (χ4n) is 1.74. The first-order valence-electron chi connectivity index (χ1n) is 6.23. The van der Waals surface area contributed by atoms with Gasteiger partial charge in [0.05, 0.1) is 0 Å². The fraction of sp³-hybridized carbons (Fsp3) is 0.538. The van der Waals surface area contributed by atoms with Crippen molar-refractivity contribution in [2.24, 2.45) is 11.7 Å². The van der Waals surface area contributed by atoms with Crippen molar-refractivity contribution in [1.29, 1.82) is 0 Å². The summed E-state index contributed by atoms with van der Waals surface area (Å²) in [6.07, 6.45) is 0.759. The summed E-state index contributed by atoms with van der Waals surface area (Å²) >= 11 is 0. The molecule has 0 aromatic carbocycles. The Morgan fingerprint density at radius 1 is 1.44 bits per heavy atom. The second-order valence-electron chi connectivity index (χ2n) is 4.72. The lowest BCUT2D eigenvalue weighted by atomic mass is 10.2. The van der Waals surface area contributed by atoms with Gasteiger partial charge in [0.25, 0.3) is 5.91 Å². The molecule has 0 radical (unpaired) electrons. The van der Waals surface area contributed by atoms with Crippen LogP contribution in [0.2, 0.25) is 0 Å². The summed E-state index contributed by atoms with van der Waals surface area (Å²) in [7, 11) is 0. The second-order valence-corrected chi connectivity index (χ2v) is 4.72. The highest BCUT2D eigenvalue weighted by Crippen LogP contribution is 2.05. The van der Waals surface area contributed by atoms with Gasteiger partial charge in [-0.3, -0.25) is 9.59 Å². The first kappa shape index (κ1) is 14.4. The lowest BCUT2D eigenvalue weighted by Gasteiger charge is -2.24. The molecule has 0 aliphatic rings. The quantitative estimate of drug-likeness (QED) is 0.785. The van der Waals surface area contributed by atoms with Crippen molar-refractivity contribution >= 4 is 5.91 Å². The van der Waals surface area contributed by atoms with Gasteiger partial charge >= 0.3 is 0 Å². The minimum absolute atomic E-state index is 0.144. The SMILES string of the molecule is CC(C)CN(CCCN)C(=O)c1cccc(=O)[nH]1. The zero-order chi connectivity index (χ0) is 13.5. The fourth-order valence-corrected chi connectivity index (χ4v) is 1.74. The van der Waals surface area contributed by atoms with E-state index in [4.69, 9.17) is 5.73 Å². The van der Waals surface area contributed by atoms with Crippen LogP contribution in [0.25, 0.3) is 0 Å². The van der Waals surface area contributed by atoms with Crippen molar-refractivity contribution in [3.05, 3.63) is 34.2 Å². The van der Waals surface area contributed by atoms with Crippen LogP contribution in [0.5, 0.6) is 0 Å². The maximum atomic E-state index is 12.3. The summed E-state index contributed by atoms with van der Waals surface area (Å²) in [5, 5.41) is 0. The number of amides is 1. The Balaban J connectivity index is 2.83. The molecule has 0 atom stereocenters. The number of hydrogen-bond donors (Lipinski definition) is 2. The molecule has 1 heterocycles. The molecule has 0 aliphatic heterocycles. The third kappa shape index (κ3) is 4.33. The summed E-state index contributed by atoms with van der Waals surface area (Å²) < 4.78 is 0. The van der Waals surface area contributed by atoms with E-state index in [1.165, 1.54) is 6.07 Å². The maximum absolute atomic E-state index is 12.3. The number of aromatic amines is 1. The molecule has 100 valence electrons. The van der Waals surface area contributed by atoms with Crippen LogP contribution in [-0.4, -0.2) is 35.4 Å². The van der Waals surface area contributed by atoms with Crippen LogP contribution < -0.4 is 11.3 Å². The van der Waals surface area contributed by atoms with Gasteiger partial charge in [-0.1, -0.05) is 19.9 Å². The molecule has 1 aromatic heterocycles. The number of rotatable bonds is 6. The van der Waals surface area contributed by atoms with Gasteiger partial charge < -0.3 is 15.6 Å². The Kier molecular flexibility index (Phi) is 5.58. The van der Waals surface area contributed by atoms with Crippen molar-refractivity contribution in [2.45, 2.75) is 20.3 Å². The van der Waals surface area contributed by atoms with Crippen molar-refractivity contribution in [3.8, 4) is 0 Å². The lowest BCUT2D eigenvalue weighted by molar-refractivity contribution is 0.0729. The molecule has 5 nitrogen and oxygen atoms in total. The summed E-state index contributed by atoms with van der Waals surface area (Å²) in [4.78, 5) is 27.8. The summed E-state index contributed by atoms with van der Waals surface area (Å²) in [6.45, 7) is 5.93. The number of H-pyrrole nitrogens is 1. The molecule has 1 aromatic rings. The van der Waals surface area contributed by atoms with Gasteiger partial charge in [-0.25, -0.2) is 0 Å². The Labute approximate surface area is 107 Å². The second kappa shape index (κ2) is 6.96. The minimum Gasteiger partial charge on any atom is -0.337 e. The number of carbonyl (C=O) groups excluding carboxylic acids is 1. The van der Waals surface area contributed by atoms with E-state index in [-0.39, 0.29) is 11.5 Å². The van der Waals surface area contributed by atoms with Crippen molar-refractivity contribution in [1.82, 2.24) is 9.88 Å². The largest absolute Gasteiger partial charge is 0.337 e. The predicted molar refractivity (Wildman–Crippen MR) is 71.5 cm³/mol. The van der Waals surface area contributed by atoms with Crippen LogP contribution in [0, 0.1) is 5.92 Å². The molecular weight excluding hydrogens is 230 g/mol. The summed E-state index contributed by atoms with van der Waals surface area (Å²) in [5.74, 6) is 0.233. The predicted octanol–water partition coefficient (Wildman–Crippen LogP) is 0.822. The van der Waals surface area contributed by atoms with Crippen molar-refractivity contribution in [2.75, 3.05) is 19.6 Å². The van der Waals surface area contributed by atoms with Crippen LogP contribution in [0.4, 0.5) is 0 Å². The zero-order valence-corrected chi connectivity index (χ0v) is 11.0. The van der Waals surface area contributed by atoms with Crippen LogP contribution in [-0.2, 0) is 0 Å². The van der Waals surface area contributed by atoms with E-state index in [2.05, 4.69) is 18.8 Å². The van der Waals surface area contributed by atoms with Gasteiger partial charge in [-0.05, 0) is 24.9 Å². The van der Waals surface area contributed by atoms with E-state index in [1.54, 1.807) is 17.0 Å². The molecule has 0 fully saturated rings. The van der Waals surface area contributed by atoms with Gasteiger partial charge in [-0.15, -0.1) is 0 Å². The van der Waals surface area contributed by atoms with E-state index in [0.717, 1.165) is 6.42 Å². The Bertz CT molecular complexity index is 440. The summed E-state index contributed by atoms with van der Waals surface area (Å²) in [6, 6.07) is 4.60. The minimum atomic E-state index is -0.260. The molecule has 1 amide bonds. The number of hydrogen-bond acceptors (Lipinski definition) is 3. The topological polar surface area (TPSA) is 79.2 Å². The highest BCUT2D eigenvalue weighted by atomic mass is 16.2. The third-order valence-corrected chi connectivity index (χ3v) is 2.50. The normalized spacial score (nSPS) is 10.7. The number of carbonyl (C=O) groups is 1. The highest BCUT2D eigenvalue weighted by Gasteiger charge is 2.16. The van der Waals surface area contributed by atoms with E-state index in [1.807, 2.05) is 0 Å². The van der Waals surface area contributed by atoms with Gasteiger partial charge in [0.1, 0.15) is 5.69 Å². The van der Waals surface area contributed by atoms with Crippen molar-refractivity contribution in [3.63, 3.8) is 0 Å². The third-order valence-electron chi connectivity index (χ3n) is 2.50. The highest BCUT2D eigenvalue weighted by molar-refractivity contribution is 5.92. The van der Waals surface area contributed by atoms with E-state index in [9.17, 15) is 9.59 Å². The van der Waals surface area contributed by atoms with Crippen LogP contribution in [0.15, 0.2) is 23.0 Å². The molecule has 18 heavy (non-hydrogen) atoms. The Morgan fingerprint density at radius 2 is 2.17 bits per heavy atom. The monoisotopic (exact) mass is 251 g/mol. The van der Waals surface area contributed by atoms with Gasteiger partial charge in [-0.2, -0.15) is 0 Å². The molecule has 3 N–H and O–H groups in total. The summed E-state index contributed by atoms with van der Waals surface area (Å²) in [5.41, 5.74) is 5.55. The maximum Gasteiger partial charge on any atom is 0.270 e. The number of nitrogens with two attached hydrogens (primary N) is 1. The molecule has 0 spiro atoms. The van der Waals surface area contributed by atoms with Gasteiger partial charge in [0.2, 0.25) is 5.56 Å². The van der Waals surface area contributed by atoms with Crippen LogP contribution in [0.3, 0.4) is 0 Å². The van der Waals surface area contributed by atoms with E-state index in [0.29, 0.717) is 31.2 Å². The molecule has 0 unspecified atom stereocenters. The number of nitrogens with one attached hydrogen (secondary N) is 1. The van der Waals surface area contributed by atoms with Crippen LogP contribution in [0.1, 0.15) is 30.8 Å². The molecule has 0 bridgehead atoms. The standard InChI is InChI=1S/C13H21N3O2/c1-10(2)9-16(8-4-7-14)13(18)11-5-3-6-12(17)15-11/h3,5-6,10H,4,7-9,14H2,1-2H3,(H,15,17). The average Bonchev–Trinajstić information content (AvgIpc) is 2.33. The van der Waals surface area contributed by atoms with Crippen molar-refractivity contribution < 1.29 is 4.79 Å². The van der Waals surface area contributed by atoms with Gasteiger partial charge in [0.15, 0.2) is 0 Å².